The number of hydrogen-bond donors (Lipinski definition) is 1. The highest BCUT2D eigenvalue weighted by molar-refractivity contribution is 6.04. The Labute approximate surface area is 143 Å². The van der Waals surface area contributed by atoms with Gasteiger partial charge < -0.3 is 15.1 Å². The van der Waals surface area contributed by atoms with Crippen LogP contribution in [-0.2, 0) is 0 Å². The van der Waals surface area contributed by atoms with Crippen LogP contribution in [0.15, 0.2) is 42.6 Å². The van der Waals surface area contributed by atoms with E-state index in [0.29, 0.717) is 5.56 Å². The maximum absolute atomic E-state index is 12.4. The first kappa shape index (κ1) is 16.3. The van der Waals surface area contributed by atoms with Gasteiger partial charge in [0.25, 0.3) is 5.91 Å². The largest absolute Gasteiger partial charge is 0.372 e. The van der Waals surface area contributed by atoms with E-state index in [0.717, 1.165) is 24.6 Å². The topological polar surface area (TPSA) is 48.5 Å². The summed E-state index contributed by atoms with van der Waals surface area (Å²) in [7, 11) is 3.81. The number of benzene rings is 1. The van der Waals surface area contributed by atoms with Crippen molar-refractivity contribution in [2.75, 3.05) is 42.3 Å². The SMILES string of the molecule is CN(C)c1cc(C(=O)Nc2ccc(N3CCCCC3)cc2)ccn1. The van der Waals surface area contributed by atoms with Crippen molar-refractivity contribution >= 4 is 23.1 Å². The minimum Gasteiger partial charge on any atom is -0.372 e. The van der Waals surface area contributed by atoms with Crippen LogP contribution in [0.1, 0.15) is 29.6 Å². The van der Waals surface area contributed by atoms with Crippen LogP contribution in [-0.4, -0.2) is 38.1 Å². The Kier molecular flexibility index (Phi) is 4.99. The molecule has 0 radical (unpaired) electrons. The number of hydrogen-bond acceptors (Lipinski definition) is 4. The summed E-state index contributed by atoms with van der Waals surface area (Å²) in [5.74, 6) is 0.648. The molecule has 5 heteroatoms. The second-order valence-electron chi connectivity index (χ2n) is 6.35. The predicted molar refractivity (Wildman–Crippen MR) is 99.0 cm³/mol. The van der Waals surface area contributed by atoms with Gasteiger partial charge in [-0.15, -0.1) is 0 Å². The number of aromatic nitrogens is 1. The van der Waals surface area contributed by atoms with E-state index in [1.807, 2.05) is 31.1 Å². The van der Waals surface area contributed by atoms with Crippen LogP contribution in [0.5, 0.6) is 0 Å². The molecule has 0 spiro atoms. The van der Waals surface area contributed by atoms with Crippen molar-refractivity contribution in [1.82, 2.24) is 4.98 Å². The molecule has 126 valence electrons. The Morgan fingerprint density at radius 3 is 2.46 bits per heavy atom. The number of piperidine rings is 1. The average molecular weight is 324 g/mol. The van der Waals surface area contributed by atoms with Gasteiger partial charge in [-0.25, -0.2) is 4.98 Å². The van der Waals surface area contributed by atoms with Crippen molar-refractivity contribution in [3.8, 4) is 0 Å². The lowest BCUT2D eigenvalue weighted by molar-refractivity contribution is 0.102. The van der Waals surface area contributed by atoms with Crippen LogP contribution in [0, 0.1) is 0 Å². The molecule has 1 saturated heterocycles. The van der Waals surface area contributed by atoms with E-state index >= 15 is 0 Å². The molecule has 1 aliphatic rings. The highest BCUT2D eigenvalue weighted by Crippen LogP contribution is 2.22. The van der Waals surface area contributed by atoms with Crippen molar-refractivity contribution in [2.45, 2.75) is 19.3 Å². The fourth-order valence-corrected chi connectivity index (χ4v) is 2.92. The summed E-state index contributed by atoms with van der Waals surface area (Å²) in [6.07, 6.45) is 5.50. The molecule has 0 saturated carbocycles. The molecule has 1 aromatic carbocycles. The maximum Gasteiger partial charge on any atom is 0.255 e. The van der Waals surface area contributed by atoms with E-state index in [1.165, 1.54) is 24.9 Å². The lowest BCUT2D eigenvalue weighted by Crippen LogP contribution is -2.29. The molecule has 1 amide bonds. The molecule has 0 bridgehead atoms. The summed E-state index contributed by atoms with van der Waals surface area (Å²) in [4.78, 5) is 20.9. The van der Waals surface area contributed by atoms with Crippen LogP contribution >= 0.6 is 0 Å². The Hall–Kier alpha value is -2.56. The molecule has 1 N–H and O–H groups in total. The zero-order valence-electron chi connectivity index (χ0n) is 14.3. The van der Waals surface area contributed by atoms with Gasteiger partial charge in [-0.1, -0.05) is 0 Å². The van der Waals surface area contributed by atoms with E-state index in [1.54, 1.807) is 18.3 Å². The van der Waals surface area contributed by atoms with E-state index in [-0.39, 0.29) is 5.91 Å². The van der Waals surface area contributed by atoms with Gasteiger partial charge in [-0.05, 0) is 55.7 Å². The second kappa shape index (κ2) is 7.34. The summed E-state index contributed by atoms with van der Waals surface area (Å²) in [5.41, 5.74) is 2.64. The number of nitrogens with zero attached hydrogens (tertiary/aromatic N) is 3. The third-order valence-electron chi connectivity index (χ3n) is 4.31. The lowest BCUT2D eigenvalue weighted by atomic mass is 10.1. The third kappa shape index (κ3) is 3.85. The number of carbonyl (C=O) groups excluding carboxylic acids is 1. The van der Waals surface area contributed by atoms with Crippen molar-refractivity contribution in [2.24, 2.45) is 0 Å². The zero-order chi connectivity index (χ0) is 16.9. The number of amides is 1. The van der Waals surface area contributed by atoms with Gasteiger partial charge in [0.05, 0.1) is 0 Å². The lowest BCUT2D eigenvalue weighted by Gasteiger charge is -2.28. The van der Waals surface area contributed by atoms with Gasteiger partial charge >= 0.3 is 0 Å². The van der Waals surface area contributed by atoms with E-state index in [9.17, 15) is 4.79 Å². The minimum absolute atomic E-state index is 0.119. The van der Waals surface area contributed by atoms with Crippen molar-refractivity contribution in [3.05, 3.63) is 48.2 Å². The van der Waals surface area contributed by atoms with E-state index in [2.05, 4.69) is 27.3 Å². The van der Waals surface area contributed by atoms with Gasteiger partial charge in [0.1, 0.15) is 5.82 Å². The highest BCUT2D eigenvalue weighted by Gasteiger charge is 2.12. The fraction of sp³-hybridized carbons (Fsp3) is 0.368. The molecule has 24 heavy (non-hydrogen) atoms. The summed E-state index contributed by atoms with van der Waals surface area (Å²) in [6.45, 7) is 2.24. The molecule has 5 nitrogen and oxygen atoms in total. The Morgan fingerprint density at radius 1 is 1.08 bits per heavy atom. The van der Waals surface area contributed by atoms with Crippen LogP contribution < -0.4 is 15.1 Å². The van der Waals surface area contributed by atoms with Crippen LogP contribution in [0.3, 0.4) is 0 Å². The molecular formula is C19H24N4O. The Bertz CT molecular complexity index is 691. The quantitative estimate of drug-likeness (QED) is 0.936. The van der Waals surface area contributed by atoms with Gasteiger partial charge in [0.2, 0.25) is 0 Å². The summed E-state index contributed by atoms with van der Waals surface area (Å²) in [5, 5.41) is 2.95. The van der Waals surface area contributed by atoms with Gasteiger partial charge in [-0.2, -0.15) is 0 Å². The number of carbonyl (C=O) groups is 1. The molecule has 3 rings (SSSR count). The van der Waals surface area contributed by atoms with Gasteiger partial charge in [0.15, 0.2) is 0 Å². The standard InChI is InChI=1S/C19H24N4O/c1-22(2)18-14-15(10-11-20-18)19(24)21-16-6-8-17(9-7-16)23-12-4-3-5-13-23/h6-11,14H,3-5,12-13H2,1-2H3,(H,21,24). The molecule has 1 aliphatic heterocycles. The highest BCUT2D eigenvalue weighted by atomic mass is 16.1. The van der Waals surface area contributed by atoms with E-state index < -0.39 is 0 Å². The third-order valence-corrected chi connectivity index (χ3v) is 4.31. The Balaban J connectivity index is 1.67. The first-order valence-corrected chi connectivity index (χ1v) is 8.43. The molecule has 2 heterocycles. The van der Waals surface area contributed by atoms with Crippen LogP contribution in [0.25, 0.3) is 0 Å². The fourth-order valence-electron chi connectivity index (χ4n) is 2.92. The molecule has 2 aromatic rings. The van der Waals surface area contributed by atoms with Gasteiger partial charge in [-0.3, -0.25) is 4.79 Å². The molecule has 1 fully saturated rings. The molecule has 0 aliphatic carbocycles. The monoisotopic (exact) mass is 324 g/mol. The molecule has 0 atom stereocenters. The van der Waals surface area contributed by atoms with Crippen molar-refractivity contribution < 1.29 is 4.79 Å². The first-order valence-electron chi connectivity index (χ1n) is 8.43. The summed E-state index contributed by atoms with van der Waals surface area (Å²) < 4.78 is 0. The first-order chi connectivity index (χ1) is 11.6. The van der Waals surface area contributed by atoms with Crippen LogP contribution in [0.2, 0.25) is 0 Å². The average Bonchev–Trinajstić information content (AvgIpc) is 2.63. The van der Waals surface area contributed by atoms with E-state index in [4.69, 9.17) is 0 Å². The predicted octanol–water partition coefficient (Wildman–Crippen LogP) is 3.39. The minimum atomic E-state index is -0.119. The van der Waals surface area contributed by atoms with Crippen LogP contribution in [0.4, 0.5) is 17.2 Å². The number of pyridine rings is 1. The van der Waals surface area contributed by atoms with Crippen molar-refractivity contribution in [3.63, 3.8) is 0 Å². The number of nitrogens with one attached hydrogen (secondary N) is 1. The summed E-state index contributed by atoms with van der Waals surface area (Å²) in [6, 6.07) is 11.6. The molecular weight excluding hydrogens is 300 g/mol. The second-order valence-corrected chi connectivity index (χ2v) is 6.35. The summed E-state index contributed by atoms with van der Waals surface area (Å²) >= 11 is 0. The smallest absolute Gasteiger partial charge is 0.255 e. The zero-order valence-corrected chi connectivity index (χ0v) is 14.3. The maximum atomic E-state index is 12.4. The number of anilines is 3. The Morgan fingerprint density at radius 2 is 1.79 bits per heavy atom. The van der Waals surface area contributed by atoms with Gasteiger partial charge in [0, 0.05) is 50.3 Å². The number of rotatable bonds is 4. The molecule has 1 aromatic heterocycles. The van der Waals surface area contributed by atoms with Crippen molar-refractivity contribution in [1.29, 1.82) is 0 Å². The molecule has 0 unspecified atom stereocenters. The normalized spacial score (nSPS) is 14.3.